The molecule has 0 aromatic carbocycles. The first-order valence-corrected chi connectivity index (χ1v) is 9.58. The molecule has 0 aromatic rings. The standard InChI is InChI=1S/C19H32N2O2/c1-5-21-17(22)20(11-18(21,4)12(2)3)16-14-6-13-7-15(16)10-19(23,8-13)9-14/h12-16,23H,5-11H2,1-4H3. The summed E-state index contributed by atoms with van der Waals surface area (Å²) in [6, 6.07) is 0.613. The molecule has 1 N–H and O–H groups in total. The maximum atomic E-state index is 13.1. The molecule has 4 aliphatic carbocycles. The Balaban J connectivity index is 1.63. The summed E-state index contributed by atoms with van der Waals surface area (Å²) < 4.78 is 0. The van der Waals surface area contributed by atoms with Gasteiger partial charge in [-0.05, 0) is 69.6 Å². The van der Waals surface area contributed by atoms with Gasteiger partial charge in [-0.25, -0.2) is 4.79 Å². The van der Waals surface area contributed by atoms with Gasteiger partial charge in [0, 0.05) is 19.1 Å². The van der Waals surface area contributed by atoms with Crippen molar-refractivity contribution in [3.63, 3.8) is 0 Å². The van der Waals surface area contributed by atoms with Gasteiger partial charge in [-0.1, -0.05) is 13.8 Å². The van der Waals surface area contributed by atoms with E-state index >= 15 is 0 Å². The van der Waals surface area contributed by atoms with Crippen LogP contribution in [-0.2, 0) is 0 Å². The third-order valence-corrected chi connectivity index (χ3v) is 7.69. The van der Waals surface area contributed by atoms with E-state index in [2.05, 4.69) is 37.5 Å². The van der Waals surface area contributed by atoms with Crippen molar-refractivity contribution in [3.8, 4) is 0 Å². The van der Waals surface area contributed by atoms with Crippen molar-refractivity contribution in [3.05, 3.63) is 0 Å². The van der Waals surface area contributed by atoms with Gasteiger partial charge in [0.2, 0.25) is 0 Å². The first kappa shape index (κ1) is 15.7. The van der Waals surface area contributed by atoms with Crippen molar-refractivity contribution < 1.29 is 9.90 Å². The number of aliphatic hydroxyl groups is 1. The number of carbonyl (C=O) groups excluding carboxylic acids is 1. The van der Waals surface area contributed by atoms with Crippen LogP contribution in [0.5, 0.6) is 0 Å². The van der Waals surface area contributed by atoms with Gasteiger partial charge in [0.05, 0.1) is 11.1 Å². The Labute approximate surface area is 140 Å². The lowest BCUT2D eigenvalue weighted by molar-refractivity contribution is -0.152. The third-order valence-electron chi connectivity index (χ3n) is 7.69. The van der Waals surface area contributed by atoms with E-state index in [1.54, 1.807) is 0 Å². The summed E-state index contributed by atoms with van der Waals surface area (Å²) in [5, 5.41) is 10.8. The molecule has 0 radical (unpaired) electrons. The number of hydrogen-bond acceptors (Lipinski definition) is 2. The van der Waals surface area contributed by atoms with Crippen LogP contribution in [0.15, 0.2) is 0 Å². The summed E-state index contributed by atoms with van der Waals surface area (Å²) in [6.07, 6.45) is 5.28. The quantitative estimate of drug-likeness (QED) is 0.868. The van der Waals surface area contributed by atoms with Crippen LogP contribution >= 0.6 is 0 Å². The molecule has 5 fully saturated rings. The fourth-order valence-electron chi connectivity index (χ4n) is 6.56. The molecule has 3 unspecified atom stereocenters. The van der Waals surface area contributed by atoms with Crippen molar-refractivity contribution in [2.75, 3.05) is 13.1 Å². The molecule has 23 heavy (non-hydrogen) atoms. The monoisotopic (exact) mass is 320 g/mol. The van der Waals surface area contributed by atoms with Crippen LogP contribution in [0.4, 0.5) is 4.79 Å². The SMILES string of the molecule is CCN1C(=O)N(C2C3CC4CC2CC(O)(C4)C3)CC1(C)C(C)C. The summed E-state index contributed by atoms with van der Waals surface area (Å²) in [5.41, 5.74) is -0.473. The molecule has 1 saturated heterocycles. The van der Waals surface area contributed by atoms with Crippen LogP contribution in [-0.4, -0.2) is 51.2 Å². The molecule has 130 valence electrons. The zero-order valence-corrected chi connectivity index (χ0v) is 15.1. The van der Waals surface area contributed by atoms with Gasteiger partial charge in [-0.2, -0.15) is 0 Å². The average molecular weight is 320 g/mol. The van der Waals surface area contributed by atoms with Crippen molar-refractivity contribution in [2.45, 2.75) is 77.0 Å². The molecule has 1 aliphatic heterocycles. The fraction of sp³-hybridized carbons (Fsp3) is 0.947. The number of nitrogens with zero attached hydrogens (tertiary/aromatic N) is 2. The first-order valence-electron chi connectivity index (χ1n) is 9.58. The van der Waals surface area contributed by atoms with E-state index in [9.17, 15) is 9.90 Å². The van der Waals surface area contributed by atoms with Crippen molar-refractivity contribution in [1.29, 1.82) is 0 Å². The lowest BCUT2D eigenvalue weighted by Crippen LogP contribution is -2.62. The fourth-order valence-corrected chi connectivity index (χ4v) is 6.56. The Kier molecular flexibility index (Phi) is 3.33. The van der Waals surface area contributed by atoms with Crippen molar-refractivity contribution >= 4 is 6.03 Å². The largest absolute Gasteiger partial charge is 0.390 e. The summed E-state index contributed by atoms with van der Waals surface area (Å²) in [4.78, 5) is 17.5. The van der Waals surface area contributed by atoms with Gasteiger partial charge in [-0.3, -0.25) is 0 Å². The highest BCUT2D eigenvalue weighted by Gasteiger charge is 2.59. The van der Waals surface area contributed by atoms with Crippen molar-refractivity contribution in [1.82, 2.24) is 9.80 Å². The summed E-state index contributed by atoms with van der Waals surface area (Å²) >= 11 is 0. The van der Waals surface area contributed by atoms with E-state index in [1.165, 1.54) is 12.8 Å². The van der Waals surface area contributed by atoms with Crippen LogP contribution in [0.3, 0.4) is 0 Å². The average Bonchev–Trinajstić information content (AvgIpc) is 2.69. The maximum absolute atomic E-state index is 13.1. The van der Waals surface area contributed by atoms with E-state index in [1.807, 2.05) is 0 Å². The zero-order valence-electron chi connectivity index (χ0n) is 15.1. The predicted octanol–water partition coefficient (Wildman–Crippen LogP) is 3.10. The molecule has 0 aromatic heterocycles. The molecule has 5 rings (SSSR count). The number of urea groups is 1. The summed E-state index contributed by atoms with van der Waals surface area (Å²) in [5.74, 6) is 2.19. The van der Waals surface area contributed by atoms with Crippen LogP contribution in [0.2, 0.25) is 0 Å². The molecule has 1 heterocycles. The summed E-state index contributed by atoms with van der Waals surface area (Å²) in [6.45, 7) is 10.5. The number of amides is 2. The molecule has 0 spiro atoms. The minimum Gasteiger partial charge on any atom is -0.390 e. The zero-order chi connectivity index (χ0) is 16.6. The third kappa shape index (κ3) is 2.09. The predicted molar refractivity (Wildman–Crippen MR) is 90.0 cm³/mol. The molecule has 3 atom stereocenters. The molecular formula is C19H32N2O2. The van der Waals surface area contributed by atoms with E-state index < -0.39 is 5.60 Å². The molecule has 4 saturated carbocycles. The number of rotatable bonds is 3. The highest BCUT2D eigenvalue weighted by atomic mass is 16.3. The van der Waals surface area contributed by atoms with Gasteiger partial charge in [0.15, 0.2) is 0 Å². The molecule has 5 aliphatic rings. The molecule has 2 amide bonds. The lowest BCUT2D eigenvalue weighted by Gasteiger charge is -2.59. The van der Waals surface area contributed by atoms with Gasteiger partial charge in [0.1, 0.15) is 0 Å². The Morgan fingerprint density at radius 3 is 2.26 bits per heavy atom. The van der Waals surface area contributed by atoms with Gasteiger partial charge < -0.3 is 14.9 Å². The van der Waals surface area contributed by atoms with E-state index in [4.69, 9.17) is 0 Å². The van der Waals surface area contributed by atoms with Gasteiger partial charge in [0.25, 0.3) is 0 Å². The van der Waals surface area contributed by atoms with Crippen LogP contribution < -0.4 is 0 Å². The van der Waals surface area contributed by atoms with Crippen LogP contribution in [0.25, 0.3) is 0 Å². The number of hydrogen-bond donors (Lipinski definition) is 1. The lowest BCUT2D eigenvalue weighted by atomic mass is 9.52. The Morgan fingerprint density at radius 1 is 1.22 bits per heavy atom. The minimum atomic E-state index is -0.415. The number of carbonyl (C=O) groups is 1. The molecule has 4 nitrogen and oxygen atoms in total. The summed E-state index contributed by atoms with van der Waals surface area (Å²) in [7, 11) is 0. The second-order valence-corrected chi connectivity index (χ2v) is 9.35. The highest BCUT2D eigenvalue weighted by molar-refractivity contribution is 5.78. The normalized spacial score (nSPS) is 48.9. The number of likely N-dealkylation sites (N-methyl/N-ethyl adjacent to an activating group) is 1. The van der Waals surface area contributed by atoms with E-state index in [0.29, 0.717) is 29.7 Å². The molecular weight excluding hydrogens is 288 g/mol. The van der Waals surface area contributed by atoms with E-state index in [-0.39, 0.29) is 11.6 Å². The Hall–Kier alpha value is -0.770. The smallest absolute Gasteiger partial charge is 0.320 e. The molecule has 4 bridgehead atoms. The Bertz CT molecular complexity index is 503. The van der Waals surface area contributed by atoms with Crippen LogP contribution in [0, 0.1) is 23.7 Å². The maximum Gasteiger partial charge on any atom is 0.320 e. The second-order valence-electron chi connectivity index (χ2n) is 9.35. The van der Waals surface area contributed by atoms with Crippen LogP contribution in [0.1, 0.15) is 59.8 Å². The topological polar surface area (TPSA) is 43.8 Å². The second kappa shape index (κ2) is 4.87. The van der Waals surface area contributed by atoms with Gasteiger partial charge >= 0.3 is 6.03 Å². The highest BCUT2D eigenvalue weighted by Crippen LogP contribution is 2.57. The minimum absolute atomic E-state index is 0.0581. The Morgan fingerprint density at radius 2 is 1.83 bits per heavy atom. The van der Waals surface area contributed by atoms with Gasteiger partial charge in [-0.15, -0.1) is 0 Å². The van der Waals surface area contributed by atoms with E-state index in [0.717, 1.165) is 32.4 Å². The van der Waals surface area contributed by atoms with Crippen molar-refractivity contribution in [2.24, 2.45) is 23.7 Å². The molecule has 4 heteroatoms. The first-order chi connectivity index (χ1) is 10.8.